The number of allylic oxidation sites excluding steroid dienone is 2. The van der Waals surface area contributed by atoms with Crippen molar-refractivity contribution >= 4 is 19.8 Å². The Morgan fingerprint density at radius 3 is 1.52 bits per heavy atom. The topological polar surface area (TPSA) is 289 Å². The van der Waals surface area contributed by atoms with Crippen LogP contribution in [0.3, 0.4) is 0 Å². The zero-order valence-corrected chi connectivity index (χ0v) is 40.6. The maximum absolute atomic E-state index is 13.4. The Morgan fingerprint density at radius 1 is 0.561 bits per heavy atom. The van der Waals surface area contributed by atoms with Gasteiger partial charge in [0.05, 0.1) is 13.2 Å². The monoisotopic (exact) mass is 971 g/mol. The molecule has 1 saturated carbocycles. The molecule has 2 fully saturated rings. The van der Waals surface area contributed by atoms with Gasteiger partial charge in [-0.3, -0.25) is 18.6 Å². The Hall–Kier alpha value is -1.61. The second-order valence-corrected chi connectivity index (χ2v) is 19.4. The number of carbonyl (C=O) groups excluding carboxylic acids is 2. The van der Waals surface area contributed by atoms with Gasteiger partial charge in [0, 0.05) is 12.8 Å². The van der Waals surface area contributed by atoms with E-state index in [0.717, 1.165) is 77.0 Å². The predicted octanol–water partition coefficient (Wildman–Crippen LogP) is 5.32. The molecule has 2 rings (SSSR count). The van der Waals surface area contributed by atoms with Crippen LogP contribution >= 0.6 is 7.82 Å². The van der Waals surface area contributed by atoms with Crippen molar-refractivity contribution in [3.8, 4) is 0 Å². The van der Waals surface area contributed by atoms with Crippen LogP contribution in [0.1, 0.15) is 181 Å². The molecule has 1 aliphatic heterocycles. The molecule has 2 aliphatic rings. The summed E-state index contributed by atoms with van der Waals surface area (Å²) in [6, 6.07) is 0. The van der Waals surface area contributed by atoms with Crippen molar-refractivity contribution in [1.82, 2.24) is 0 Å². The quantitative estimate of drug-likeness (QED) is 0.0164. The summed E-state index contributed by atoms with van der Waals surface area (Å²) in [5.74, 6) is -1.22. The van der Waals surface area contributed by atoms with Crippen LogP contribution in [0.4, 0.5) is 0 Å². The number of hydrogen-bond donors (Lipinski definition) is 9. The molecule has 0 spiro atoms. The molecule has 0 amide bonds. The van der Waals surface area contributed by atoms with E-state index in [4.69, 9.17) is 28.0 Å². The highest BCUT2D eigenvalue weighted by atomic mass is 31.2. The number of ether oxygens (including phenoxy) is 4. The third kappa shape index (κ3) is 24.3. The van der Waals surface area contributed by atoms with Gasteiger partial charge in [0.25, 0.3) is 0 Å². The highest BCUT2D eigenvalue weighted by Gasteiger charge is 2.55. The van der Waals surface area contributed by atoms with Crippen LogP contribution < -0.4 is 0 Å². The molecule has 0 aromatic rings. The third-order valence-corrected chi connectivity index (χ3v) is 13.2. The molecular weight excluding hydrogens is 883 g/mol. The molecule has 66 heavy (non-hydrogen) atoms. The first-order valence-corrected chi connectivity index (χ1v) is 26.5. The minimum absolute atomic E-state index is 0.0356. The zero-order chi connectivity index (χ0) is 48.7. The lowest BCUT2D eigenvalue weighted by atomic mass is 9.84. The molecule has 9 N–H and O–H groups in total. The summed E-state index contributed by atoms with van der Waals surface area (Å²) in [4.78, 5) is 36.5. The highest BCUT2D eigenvalue weighted by Crippen LogP contribution is 2.48. The van der Waals surface area contributed by atoms with Crippen LogP contribution in [0.5, 0.6) is 0 Å². The number of phosphoric ester groups is 1. The van der Waals surface area contributed by atoms with E-state index in [1.807, 2.05) is 0 Å². The summed E-state index contributed by atoms with van der Waals surface area (Å²) in [5, 5.41) is 82.8. The Morgan fingerprint density at radius 2 is 1.00 bits per heavy atom. The highest BCUT2D eigenvalue weighted by molar-refractivity contribution is 7.47. The molecule has 1 aliphatic carbocycles. The third-order valence-electron chi connectivity index (χ3n) is 12.2. The minimum atomic E-state index is -5.37. The summed E-state index contributed by atoms with van der Waals surface area (Å²) in [6.45, 7) is 2.20. The summed E-state index contributed by atoms with van der Waals surface area (Å²) < 4.78 is 45.4. The van der Waals surface area contributed by atoms with Crippen LogP contribution in [-0.4, -0.2) is 151 Å². The van der Waals surface area contributed by atoms with Crippen LogP contribution in [0, 0.1) is 0 Å². The molecule has 0 aromatic heterocycles. The number of carbonyl (C=O) groups is 2. The SMILES string of the molecule is CCCCCC/C=C\CCCCCCCCCC(=O)OCC(COP(=O)(O)OC1C(O)C(O)C(O)C(O)C1OC1OC(CO)C(O)C(O)C1O)OC(=O)CCCCCCCCCCCCC. The number of aliphatic hydroxyl groups is 8. The summed E-state index contributed by atoms with van der Waals surface area (Å²) in [6.07, 6.45) is 7.33. The fourth-order valence-electron chi connectivity index (χ4n) is 8.05. The maximum atomic E-state index is 13.4. The predicted molar refractivity (Wildman–Crippen MR) is 245 cm³/mol. The number of phosphoric acid groups is 1. The number of hydrogen-bond acceptors (Lipinski definition) is 17. The lowest BCUT2D eigenvalue weighted by Gasteiger charge is -2.47. The van der Waals surface area contributed by atoms with Gasteiger partial charge in [0.15, 0.2) is 12.4 Å². The average molecular weight is 971 g/mol. The maximum Gasteiger partial charge on any atom is 0.472 e. The van der Waals surface area contributed by atoms with E-state index < -0.39 is 113 Å². The van der Waals surface area contributed by atoms with Crippen molar-refractivity contribution in [3.63, 3.8) is 0 Å². The van der Waals surface area contributed by atoms with Gasteiger partial charge < -0.3 is 64.7 Å². The molecule has 13 atom stereocenters. The van der Waals surface area contributed by atoms with Crippen molar-refractivity contribution in [2.45, 2.75) is 254 Å². The lowest BCUT2D eigenvalue weighted by Crippen LogP contribution is -2.67. The van der Waals surface area contributed by atoms with Crippen LogP contribution in [-0.2, 0) is 42.1 Å². The molecular formula is C47H87O18P. The van der Waals surface area contributed by atoms with Gasteiger partial charge in [-0.2, -0.15) is 0 Å². The number of aliphatic hydroxyl groups excluding tert-OH is 8. The molecule has 19 heteroatoms. The molecule has 0 bridgehead atoms. The van der Waals surface area contributed by atoms with Gasteiger partial charge >= 0.3 is 19.8 Å². The molecule has 18 nitrogen and oxygen atoms in total. The van der Waals surface area contributed by atoms with Crippen LogP contribution in [0.15, 0.2) is 12.2 Å². The first-order chi connectivity index (χ1) is 31.7. The van der Waals surface area contributed by atoms with Crippen molar-refractivity contribution < 1.29 is 87.9 Å². The van der Waals surface area contributed by atoms with Crippen molar-refractivity contribution in [2.24, 2.45) is 0 Å². The number of esters is 2. The first kappa shape index (κ1) is 60.5. The van der Waals surface area contributed by atoms with Gasteiger partial charge in [0.1, 0.15) is 67.6 Å². The van der Waals surface area contributed by atoms with E-state index in [2.05, 4.69) is 26.0 Å². The Labute approximate surface area is 393 Å². The molecule has 13 unspecified atom stereocenters. The van der Waals surface area contributed by atoms with E-state index in [0.29, 0.717) is 12.8 Å². The smallest absolute Gasteiger partial charge is 0.462 e. The summed E-state index contributed by atoms with van der Waals surface area (Å²) in [7, 11) is -5.37. The van der Waals surface area contributed by atoms with Gasteiger partial charge in [-0.25, -0.2) is 4.57 Å². The molecule has 1 heterocycles. The average Bonchev–Trinajstić information content (AvgIpc) is 3.29. The van der Waals surface area contributed by atoms with E-state index >= 15 is 0 Å². The van der Waals surface area contributed by atoms with Gasteiger partial charge in [-0.15, -0.1) is 0 Å². The number of unbranched alkanes of at least 4 members (excludes halogenated alkanes) is 21. The van der Waals surface area contributed by atoms with Crippen molar-refractivity contribution in [2.75, 3.05) is 19.8 Å². The molecule has 0 radical (unpaired) electrons. The largest absolute Gasteiger partial charge is 0.472 e. The Balaban J connectivity index is 1.95. The standard InChI is InChI=1S/C47H87O18P/c1-3-5-7-9-11-13-15-16-17-18-20-21-23-25-27-29-36(49)60-32-34(62-37(50)30-28-26-24-22-19-14-12-10-8-6-4-2)33-61-66(58,59)65-46-43(56)41(54)40(53)42(55)45(46)64-47-44(57)39(52)38(51)35(31-48)63-47/h13,15,34-35,38-48,51-57H,3-12,14,16-33H2,1-2H3,(H,58,59)/b15-13-. The van der Waals surface area contributed by atoms with Gasteiger partial charge in [-0.05, 0) is 38.5 Å². The summed E-state index contributed by atoms with van der Waals surface area (Å²) in [5.41, 5.74) is 0. The van der Waals surface area contributed by atoms with E-state index in [1.54, 1.807) is 0 Å². The lowest BCUT2D eigenvalue weighted by molar-refractivity contribution is -0.338. The van der Waals surface area contributed by atoms with E-state index in [-0.39, 0.29) is 12.8 Å². The molecule has 1 saturated heterocycles. The van der Waals surface area contributed by atoms with Crippen molar-refractivity contribution in [3.05, 3.63) is 12.2 Å². The van der Waals surface area contributed by atoms with Crippen LogP contribution in [0.25, 0.3) is 0 Å². The fraction of sp³-hybridized carbons (Fsp3) is 0.915. The van der Waals surface area contributed by atoms with E-state index in [1.165, 1.54) is 64.2 Å². The van der Waals surface area contributed by atoms with Gasteiger partial charge in [-0.1, -0.05) is 142 Å². The second kappa shape index (κ2) is 35.5. The van der Waals surface area contributed by atoms with Crippen LogP contribution in [0.2, 0.25) is 0 Å². The number of rotatable bonds is 38. The fourth-order valence-corrected chi connectivity index (χ4v) is 9.02. The normalized spacial score (nSPS) is 28.3. The summed E-state index contributed by atoms with van der Waals surface area (Å²) >= 11 is 0. The van der Waals surface area contributed by atoms with Gasteiger partial charge in [0.2, 0.25) is 0 Å². The second-order valence-electron chi connectivity index (χ2n) is 18.0. The van der Waals surface area contributed by atoms with E-state index in [9.17, 15) is 59.9 Å². The van der Waals surface area contributed by atoms with Crippen molar-refractivity contribution in [1.29, 1.82) is 0 Å². The Bertz CT molecular complexity index is 1340. The minimum Gasteiger partial charge on any atom is -0.462 e. The molecule has 388 valence electrons. The zero-order valence-electron chi connectivity index (χ0n) is 39.7. The Kier molecular flexibility index (Phi) is 32.5. The molecule has 0 aromatic carbocycles. The first-order valence-electron chi connectivity index (χ1n) is 25.0.